The summed E-state index contributed by atoms with van der Waals surface area (Å²) in [5.41, 5.74) is 2.05. The summed E-state index contributed by atoms with van der Waals surface area (Å²) in [4.78, 5) is 14.9. The van der Waals surface area contributed by atoms with Crippen LogP contribution in [0.4, 0.5) is 0 Å². The van der Waals surface area contributed by atoms with Crippen molar-refractivity contribution >= 4 is 5.91 Å². The maximum absolute atomic E-state index is 12.9. The Morgan fingerprint density at radius 2 is 1.85 bits per heavy atom. The van der Waals surface area contributed by atoms with E-state index >= 15 is 0 Å². The molecule has 1 fully saturated rings. The van der Waals surface area contributed by atoms with Crippen LogP contribution in [-0.2, 0) is 11.2 Å². The Labute approximate surface area is 154 Å². The number of likely N-dealkylation sites (tertiary alicyclic amines) is 1. The smallest absolute Gasteiger partial charge is 0.227 e. The lowest BCUT2D eigenvalue weighted by Crippen LogP contribution is -2.31. The zero-order valence-electron chi connectivity index (χ0n) is 15.5. The molecular weight excluding hydrogens is 330 g/mol. The Kier molecular flexibility index (Phi) is 5.66. The highest BCUT2D eigenvalue weighted by atomic mass is 16.5. The van der Waals surface area contributed by atoms with Gasteiger partial charge in [0.25, 0.3) is 0 Å². The molecule has 0 bridgehead atoms. The molecule has 138 valence electrons. The monoisotopic (exact) mass is 355 g/mol. The molecular formula is C21H25NO4. The van der Waals surface area contributed by atoms with Crippen molar-refractivity contribution in [3.05, 3.63) is 53.6 Å². The molecule has 5 nitrogen and oxygen atoms in total. The number of rotatable bonds is 6. The van der Waals surface area contributed by atoms with E-state index in [1.807, 2.05) is 47.4 Å². The number of ether oxygens (including phenoxy) is 3. The van der Waals surface area contributed by atoms with Crippen LogP contribution in [0.15, 0.2) is 42.5 Å². The van der Waals surface area contributed by atoms with E-state index in [1.165, 1.54) is 0 Å². The first kappa shape index (κ1) is 18.1. The van der Waals surface area contributed by atoms with Crippen molar-refractivity contribution in [2.24, 2.45) is 0 Å². The van der Waals surface area contributed by atoms with Crippen LogP contribution in [-0.4, -0.2) is 38.7 Å². The second-order valence-electron chi connectivity index (χ2n) is 6.39. The quantitative estimate of drug-likeness (QED) is 0.794. The molecule has 0 aromatic heterocycles. The van der Waals surface area contributed by atoms with Crippen LogP contribution in [0.5, 0.6) is 17.2 Å². The number of hydrogen-bond donors (Lipinski definition) is 0. The lowest BCUT2D eigenvalue weighted by Gasteiger charge is -2.26. The lowest BCUT2D eigenvalue weighted by molar-refractivity contribution is -0.131. The van der Waals surface area contributed by atoms with Gasteiger partial charge in [-0.05, 0) is 48.2 Å². The summed E-state index contributed by atoms with van der Waals surface area (Å²) in [6.45, 7) is 0.780. The second-order valence-corrected chi connectivity index (χ2v) is 6.39. The summed E-state index contributed by atoms with van der Waals surface area (Å²) in [6, 6.07) is 13.6. The van der Waals surface area contributed by atoms with E-state index in [4.69, 9.17) is 14.2 Å². The lowest BCUT2D eigenvalue weighted by atomic mass is 10.0. The third-order valence-electron chi connectivity index (χ3n) is 4.86. The van der Waals surface area contributed by atoms with Gasteiger partial charge in [0, 0.05) is 6.54 Å². The summed E-state index contributed by atoms with van der Waals surface area (Å²) in [6.07, 6.45) is 2.34. The third kappa shape index (κ3) is 3.77. The number of amides is 1. The fraction of sp³-hybridized carbons (Fsp3) is 0.381. The van der Waals surface area contributed by atoms with Gasteiger partial charge in [-0.25, -0.2) is 0 Å². The molecule has 0 unspecified atom stereocenters. The van der Waals surface area contributed by atoms with Gasteiger partial charge in [0.2, 0.25) is 5.91 Å². The largest absolute Gasteiger partial charge is 0.497 e. The Morgan fingerprint density at radius 1 is 1.04 bits per heavy atom. The van der Waals surface area contributed by atoms with Crippen molar-refractivity contribution in [3.63, 3.8) is 0 Å². The van der Waals surface area contributed by atoms with Gasteiger partial charge in [-0.2, -0.15) is 0 Å². The molecule has 0 radical (unpaired) electrons. The summed E-state index contributed by atoms with van der Waals surface area (Å²) < 4.78 is 16.0. The van der Waals surface area contributed by atoms with Crippen LogP contribution in [0, 0.1) is 0 Å². The van der Waals surface area contributed by atoms with Crippen LogP contribution in [0.1, 0.15) is 30.0 Å². The Bertz CT molecular complexity index is 774. The van der Waals surface area contributed by atoms with Crippen molar-refractivity contribution in [1.29, 1.82) is 0 Å². The van der Waals surface area contributed by atoms with E-state index in [0.717, 1.165) is 36.3 Å². The summed E-state index contributed by atoms with van der Waals surface area (Å²) in [7, 11) is 4.88. The molecule has 26 heavy (non-hydrogen) atoms. The van der Waals surface area contributed by atoms with Crippen LogP contribution in [0.25, 0.3) is 0 Å². The van der Waals surface area contributed by atoms with Crippen LogP contribution in [0.2, 0.25) is 0 Å². The number of methoxy groups -OCH3 is 3. The number of carbonyl (C=O) groups excluding carboxylic acids is 1. The predicted molar refractivity (Wildman–Crippen MR) is 99.9 cm³/mol. The first-order valence-corrected chi connectivity index (χ1v) is 8.80. The minimum atomic E-state index is 0.0768. The molecule has 1 aliphatic rings. The minimum absolute atomic E-state index is 0.0768. The number of hydrogen-bond acceptors (Lipinski definition) is 4. The molecule has 1 aliphatic heterocycles. The van der Waals surface area contributed by atoms with Crippen molar-refractivity contribution in [2.75, 3.05) is 27.9 Å². The highest BCUT2D eigenvalue weighted by Gasteiger charge is 2.30. The average molecular weight is 355 g/mol. The van der Waals surface area contributed by atoms with Gasteiger partial charge in [0.05, 0.1) is 33.8 Å². The summed E-state index contributed by atoms with van der Waals surface area (Å²) in [5.74, 6) is 2.30. The van der Waals surface area contributed by atoms with E-state index in [0.29, 0.717) is 17.9 Å². The van der Waals surface area contributed by atoms with Gasteiger partial charge >= 0.3 is 0 Å². The van der Waals surface area contributed by atoms with Gasteiger partial charge in [-0.15, -0.1) is 0 Å². The van der Waals surface area contributed by atoms with E-state index in [-0.39, 0.29) is 11.9 Å². The maximum Gasteiger partial charge on any atom is 0.227 e. The highest BCUT2D eigenvalue weighted by Crippen LogP contribution is 2.37. The highest BCUT2D eigenvalue weighted by molar-refractivity contribution is 5.79. The van der Waals surface area contributed by atoms with E-state index < -0.39 is 0 Å². The van der Waals surface area contributed by atoms with E-state index in [2.05, 4.69) is 0 Å². The molecule has 3 rings (SSSR count). The molecule has 0 saturated carbocycles. The fourth-order valence-corrected chi connectivity index (χ4v) is 3.53. The van der Waals surface area contributed by atoms with E-state index in [9.17, 15) is 4.79 Å². The van der Waals surface area contributed by atoms with Gasteiger partial charge < -0.3 is 19.1 Å². The van der Waals surface area contributed by atoms with Crippen molar-refractivity contribution < 1.29 is 19.0 Å². The second kappa shape index (κ2) is 8.13. The maximum atomic E-state index is 12.9. The van der Waals surface area contributed by atoms with Crippen LogP contribution in [0.3, 0.4) is 0 Å². The Hall–Kier alpha value is -2.69. The van der Waals surface area contributed by atoms with Crippen molar-refractivity contribution in [1.82, 2.24) is 4.90 Å². The fourth-order valence-electron chi connectivity index (χ4n) is 3.53. The number of carbonyl (C=O) groups is 1. The summed E-state index contributed by atoms with van der Waals surface area (Å²) >= 11 is 0. The van der Waals surface area contributed by atoms with Crippen molar-refractivity contribution in [3.8, 4) is 17.2 Å². The SMILES string of the molecule is COc1cccc(CC(=O)N2CCC[C@@H]2c2ccc(OC)c(OC)c2)c1. The van der Waals surface area contributed by atoms with Crippen LogP contribution >= 0.6 is 0 Å². The Morgan fingerprint density at radius 3 is 2.58 bits per heavy atom. The zero-order chi connectivity index (χ0) is 18.5. The van der Waals surface area contributed by atoms with Gasteiger partial charge in [-0.3, -0.25) is 4.79 Å². The molecule has 1 saturated heterocycles. The molecule has 2 aromatic rings. The molecule has 0 aliphatic carbocycles. The van der Waals surface area contributed by atoms with Crippen molar-refractivity contribution in [2.45, 2.75) is 25.3 Å². The molecule has 1 atom stereocenters. The van der Waals surface area contributed by atoms with Gasteiger partial charge in [0.15, 0.2) is 11.5 Å². The van der Waals surface area contributed by atoms with Gasteiger partial charge in [-0.1, -0.05) is 18.2 Å². The standard InChI is InChI=1S/C21H25NO4/c1-24-17-7-4-6-15(12-17)13-21(23)22-11-5-8-18(22)16-9-10-19(25-2)20(14-16)26-3/h4,6-7,9-10,12,14,18H,5,8,11,13H2,1-3H3/t18-/m1/s1. The van der Waals surface area contributed by atoms with Gasteiger partial charge in [0.1, 0.15) is 5.75 Å². The van der Waals surface area contributed by atoms with Crippen LogP contribution < -0.4 is 14.2 Å². The predicted octanol–water partition coefficient (Wildman–Crippen LogP) is 3.62. The third-order valence-corrected chi connectivity index (χ3v) is 4.86. The first-order chi connectivity index (χ1) is 12.7. The Balaban J connectivity index is 1.78. The normalized spacial score (nSPS) is 16.4. The average Bonchev–Trinajstić information content (AvgIpc) is 3.17. The molecule has 0 spiro atoms. The topological polar surface area (TPSA) is 48.0 Å². The molecule has 1 amide bonds. The number of nitrogens with zero attached hydrogens (tertiary/aromatic N) is 1. The zero-order valence-corrected chi connectivity index (χ0v) is 15.5. The minimum Gasteiger partial charge on any atom is -0.497 e. The summed E-state index contributed by atoms with van der Waals surface area (Å²) in [5, 5.41) is 0. The number of benzene rings is 2. The molecule has 0 N–H and O–H groups in total. The first-order valence-electron chi connectivity index (χ1n) is 8.80. The molecule has 5 heteroatoms. The molecule has 1 heterocycles. The molecule has 2 aromatic carbocycles. The van der Waals surface area contributed by atoms with E-state index in [1.54, 1.807) is 21.3 Å².